The molecule has 1 fully saturated rings. The first-order valence-corrected chi connectivity index (χ1v) is 12.7. The molecular weight excluding hydrogens is 464 g/mol. The first-order valence-electron chi connectivity index (χ1n) is 12.7. The molecule has 1 aliphatic heterocycles. The Bertz CT molecular complexity index is 1540. The fraction of sp³-hybridized carbons (Fsp3) is 0.321. The predicted octanol–water partition coefficient (Wildman–Crippen LogP) is 4.02. The lowest BCUT2D eigenvalue weighted by atomic mass is 9.96. The zero-order valence-corrected chi connectivity index (χ0v) is 21.1. The fourth-order valence-electron chi connectivity index (χ4n) is 4.99. The highest BCUT2D eigenvalue weighted by atomic mass is 16.5. The molecule has 1 saturated heterocycles. The van der Waals surface area contributed by atoms with Crippen LogP contribution in [0, 0.1) is 0 Å². The van der Waals surface area contributed by atoms with E-state index in [1.54, 1.807) is 12.5 Å². The summed E-state index contributed by atoms with van der Waals surface area (Å²) in [6.45, 7) is 6.55. The van der Waals surface area contributed by atoms with E-state index in [0.717, 1.165) is 72.8 Å². The average molecular weight is 495 g/mol. The largest absolute Gasteiger partial charge is 0.379 e. The van der Waals surface area contributed by atoms with Crippen molar-refractivity contribution < 1.29 is 4.74 Å². The zero-order chi connectivity index (χ0) is 25.2. The molecule has 0 amide bonds. The molecule has 1 aliphatic rings. The monoisotopic (exact) mass is 494 g/mol. The topological polar surface area (TPSA) is 93.9 Å². The fourth-order valence-corrected chi connectivity index (χ4v) is 4.99. The highest BCUT2D eigenvalue weighted by molar-refractivity contribution is 5.98. The van der Waals surface area contributed by atoms with E-state index in [1.807, 2.05) is 30.1 Å². The van der Waals surface area contributed by atoms with Crippen LogP contribution < -0.4 is 5.32 Å². The maximum atomic E-state index is 5.55. The van der Waals surface area contributed by atoms with Gasteiger partial charge in [-0.2, -0.15) is 5.10 Å². The van der Waals surface area contributed by atoms with Crippen LogP contribution in [0.25, 0.3) is 32.9 Å². The lowest BCUT2D eigenvalue weighted by Gasteiger charge is -2.27. The lowest BCUT2D eigenvalue weighted by Crippen LogP contribution is -2.37. The third-order valence-corrected chi connectivity index (χ3v) is 6.93. The molecule has 4 aromatic heterocycles. The van der Waals surface area contributed by atoms with Crippen LogP contribution >= 0.6 is 0 Å². The molecule has 188 valence electrons. The molecule has 1 N–H and O–H groups in total. The third kappa shape index (κ3) is 4.87. The van der Waals surface area contributed by atoms with Crippen LogP contribution in [0.3, 0.4) is 0 Å². The average Bonchev–Trinajstić information content (AvgIpc) is 3.38. The van der Waals surface area contributed by atoms with Crippen molar-refractivity contribution in [2.24, 2.45) is 7.05 Å². The van der Waals surface area contributed by atoms with Gasteiger partial charge in [-0.1, -0.05) is 18.2 Å². The van der Waals surface area contributed by atoms with E-state index in [4.69, 9.17) is 9.72 Å². The van der Waals surface area contributed by atoms with Gasteiger partial charge in [0.25, 0.3) is 0 Å². The minimum absolute atomic E-state index is 0.0753. The second kappa shape index (κ2) is 10.2. The standard InChI is InChI=1S/C28H30N8O/c1-19(33-28-27-24(30-18-31-28)7-4-9-29-27)25-15-20-5-3-6-22(21-16-32-35(2)17-21)26(20)23(34-25)8-10-36-11-13-37-14-12-36/h3-7,9,15-19H,8,10-14H2,1-2H3,(H,30,31,33). The Morgan fingerprint density at radius 2 is 1.97 bits per heavy atom. The normalized spacial score (nSPS) is 15.3. The van der Waals surface area contributed by atoms with Gasteiger partial charge in [0.1, 0.15) is 11.8 Å². The predicted molar refractivity (Wildman–Crippen MR) is 144 cm³/mol. The number of aryl methyl sites for hydroxylation is 1. The molecule has 1 atom stereocenters. The molecule has 0 radical (unpaired) electrons. The highest BCUT2D eigenvalue weighted by Crippen LogP contribution is 2.33. The van der Waals surface area contributed by atoms with Gasteiger partial charge in [-0.05, 0) is 36.1 Å². The molecule has 0 aliphatic carbocycles. The molecule has 0 bridgehead atoms. The van der Waals surface area contributed by atoms with Crippen molar-refractivity contribution >= 4 is 27.6 Å². The van der Waals surface area contributed by atoms with E-state index < -0.39 is 0 Å². The molecule has 37 heavy (non-hydrogen) atoms. The molecule has 0 saturated carbocycles. The van der Waals surface area contributed by atoms with Crippen molar-refractivity contribution in [3.63, 3.8) is 0 Å². The number of benzene rings is 1. The van der Waals surface area contributed by atoms with E-state index in [2.05, 4.69) is 67.7 Å². The summed E-state index contributed by atoms with van der Waals surface area (Å²) in [5, 5.41) is 10.3. The second-order valence-electron chi connectivity index (χ2n) is 9.46. The summed E-state index contributed by atoms with van der Waals surface area (Å²) in [4.78, 5) is 21.0. The molecule has 9 heteroatoms. The van der Waals surface area contributed by atoms with Crippen LogP contribution in [-0.2, 0) is 18.2 Å². The number of aromatic nitrogens is 6. The van der Waals surface area contributed by atoms with Crippen molar-refractivity contribution in [3.8, 4) is 11.1 Å². The summed E-state index contributed by atoms with van der Waals surface area (Å²) >= 11 is 0. The lowest BCUT2D eigenvalue weighted by molar-refractivity contribution is 0.0384. The Balaban J connectivity index is 1.39. The van der Waals surface area contributed by atoms with E-state index >= 15 is 0 Å². The highest BCUT2D eigenvalue weighted by Gasteiger charge is 2.18. The van der Waals surface area contributed by atoms with Crippen LogP contribution in [0.4, 0.5) is 5.82 Å². The quantitative estimate of drug-likeness (QED) is 0.363. The molecular formula is C28H30N8O. The van der Waals surface area contributed by atoms with Gasteiger partial charge in [-0.3, -0.25) is 19.5 Å². The zero-order valence-electron chi connectivity index (χ0n) is 21.1. The van der Waals surface area contributed by atoms with Gasteiger partial charge in [0.05, 0.1) is 42.4 Å². The van der Waals surface area contributed by atoms with E-state index in [-0.39, 0.29) is 6.04 Å². The Kier molecular flexibility index (Phi) is 6.46. The second-order valence-corrected chi connectivity index (χ2v) is 9.46. The molecule has 0 spiro atoms. The van der Waals surface area contributed by atoms with Gasteiger partial charge in [0.15, 0.2) is 5.82 Å². The number of ether oxygens (including phenoxy) is 1. The van der Waals surface area contributed by atoms with Gasteiger partial charge in [0.2, 0.25) is 0 Å². The molecule has 5 heterocycles. The van der Waals surface area contributed by atoms with Gasteiger partial charge >= 0.3 is 0 Å². The Morgan fingerprint density at radius 3 is 2.81 bits per heavy atom. The minimum Gasteiger partial charge on any atom is -0.379 e. The Labute approximate surface area is 215 Å². The van der Waals surface area contributed by atoms with Gasteiger partial charge in [-0.15, -0.1) is 0 Å². The molecule has 9 nitrogen and oxygen atoms in total. The van der Waals surface area contributed by atoms with Crippen LogP contribution in [-0.4, -0.2) is 67.5 Å². The van der Waals surface area contributed by atoms with Crippen molar-refractivity contribution in [1.82, 2.24) is 34.6 Å². The number of pyridine rings is 2. The maximum Gasteiger partial charge on any atom is 0.156 e. The number of hydrogen-bond acceptors (Lipinski definition) is 8. The summed E-state index contributed by atoms with van der Waals surface area (Å²) in [6.07, 6.45) is 8.17. The number of rotatable bonds is 7. The number of hydrogen-bond donors (Lipinski definition) is 1. The van der Waals surface area contributed by atoms with Crippen LogP contribution in [0.15, 0.2) is 61.3 Å². The summed E-state index contributed by atoms with van der Waals surface area (Å²) in [5.74, 6) is 0.707. The van der Waals surface area contributed by atoms with Crippen molar-refractivity contribution in [1.29, 1.82) is 0 Å². The van der Waals surface area contributed by atoms with E-state index in [1.165, 1.54) is 10.8 Å². The van der Waals surface area contributed by atoms with Crippen molar-refractivity contribution in [3.05, 3.63) is 72.7 Å². The van der Waals surface area contributed by atoms with Crippen molar-refractivity contribution in [2.45, 2.75) is 19.4 Å². The van der Waals surface area contributed by atoms with Crippen LogP contribution in [0.2, 0.25) is 0 Å². The van der Waals surface area contributed by atoms with Crippen LogP contribution in [0.5, 0.6) is 0 Å². The molecule has 1 unspecified atom stereocenters. The van der Waals surface area contributed by atoms with Crippen LogP contribution in [0.1, 0.15) is 24.4 Å². The number of anilines is 1. The summed E-state index contributed by atoms with van der Waals surface area (Å²) in [5.41, 5.74) is 5.89. The molecule has 1 aromatic carbocycles. The van der Waals surface area contributed by atoms with E-state index in [9.17, 15) is 0 Å². The molecule has 5 aromatic rings. The Hall–Kier alpha value is -3.95. The Morgan fingerprint density at radius 1 is 1.08 bits per heavy atom. The number of morpholine rings is 1. The van der Waals surface area contributed by atoms with Gasteiger partial charge in [-0.25, -0.2) is 9.97 Å². The van der Waals surface area contributed by atoms with E-state index in [0.29, 0.717) is 5.82 Å². The molecule has 6 rings (SSSR count). The third-order valence-electron chi connectivity index (χ3n) is 6.93. The SMILES string of the molecule is CC(Nc1ncnc2cccnc12)c1cc2cccc(-c3cnn(C)c3)c2c(CCN2CCOCC2)n1. The number of fused-ring (bicyclic) bond motifs is 2. The number of nitrogens with zero attached hydrogens (tertiary/aromatic N) is 7. The van der Waals surface area contributed by atoms with Crippen molar-refractivity contribution in [2.75, 3.05) is 38.2 Å². The summed E-state index contributed by atoms with van der Waals surface area (Å²) in [6, 6.07) is 12.4. The maximum absolute atomic E-state index is 5.55. The summed E-state index contributed by atoms with van der Waals surface area (Å²) in [7, 11) is 1.95. The minimum atomic E-state index is -0.0753. The van der Waals surface area contributed by atoms with Gasteiger partial charge < -0.3 is 10.1 Å². The number of nitrogens with one attached hydrogen (secondary N) is 1. The first-order chi connectivity index (χ1) is 18.2. The van der Waals surface area contributed by atoms with Gasteiger partial charge in [0, 0.05) is 56.4 Å². The summed E-state index contributed by atoms with van der Waals surface area (Å²) < 4.78 is 7.39. The first kappa shape index (κ1) is 23.4. The smallest absolute Gasteiger partial charge is 0.156 e.